The van der Waals surface area contributed by atoms with Crippen LogP contribution in [0.15, 0.2) is 0 Å². The van der Waals surface area contributed by atoms with Crippen LogP contribution in [0.5, 0.6) is 0 Å². The third kappa shape index (κ3) is 5.83. The number of rotatable bonds is 6. The van der Waals surface area contributed by atoms with Crippen molar-refractivity contribution in [1.82, 2.24) is 10.2 Å². The van der Waals surface area contributed by atoms with Crippen molar-refractivity contribution in [1.29, 1.82) is 0 Å². The molecule has 0 aromatic carbocycles. The average Bonchev–Trinajstić information content (AvgIpc) is 2.29. The van der Waals surface area contributed by atoms with Crippen molar-refractivity contribution in [2.24, 2.45) is 11.1 Å². The summed E-state index contributed by atoms with van der Waals surface area (Å²) < 4.78 is 0. The Morgan fingerprint density at radius 1 is 1.26 bits per heavy atom. The Bertz CT molecular complexity index is 348. The van der Waals surface area contributed by atoms with Crippen LogP contribution in [0.3, 0.4) is 0 Å². The zero-order valence-electron chi connectivity index (χ0n) is 12.4. The number of carbonyl (C=O) groups is 3. The predicted molar refractivity (Wildman–Crippen MR) is 73.4 cm³/mol. The second-order valence-corrected chi connectivity index (χ2v) is 5.67. The molecule has 1 unspecified atom stereocenters. The van der Waals surface area contributed by atoms with E-state index < -0.39 is 11.5 Å². The van der Waals surface area contributed by atoms with Crippen molar-refractivity contribution in [3.8, 4) is 0 Å². The molecule has 0 saturated heterocycles. The number of nitrogens with two attached hydrogens (primary N) is 1. The van der Waals surface area contributed by atoms with Crippen LogP contribution in [-0.4, -0.2) is 48.7 Å². The molecule has 0 bridgehead atoms. The number of nitrogens with one attached hydrogen (secondary N) is 1. The van der Waals surface area contributed by atoms with Crippen LogP contribution < -0.4 is 11.1 Å². The third-order valence-electron chi connectivity index (χ3n) is 2.66. The van der Waals surface area contributed by atoms with Gasteiger partial charge >= 0.3 is 0 Å². The van der Waals surface area contributed by atoms with Crippen molar-refractivity contribution in [2.75, 3.05) is 20.1 Å². The van der Waals surface area contributed by atoms with Gasteiger partial charge in [0.15, 0.2) is 0 Å². The highest BCUT2D eigenvalue weighted by molar-refractivity contribution is 5.93. The minimum atomic E-state index is -0.782. The largest absolute Gasteiger partial charge is 0.353 e. The first-order valence-corrected chi connectivity index (χ1v) is 6.35. The molecule has 1 atom stereocenters. The van der Waals surface area contributed by atoms with Crippen molar-refractivity contribution < 1.29 is 14.4 Å². The summed E-state index contributed by atoms with van der Waals surface area (Å²) in [4.78, 5) is 36.8. The fraction of sp³-hybridized carbons (Fsp3) is 0.769. The van der Waals surface area contributed by atoms with Crippen LogP contribution in [0.4, 0.5) is 0 Å². The molecule has 0 aliphatic heterocycles. The molecule has 0 spiro atoms. The maximum absolute atomic E-state index is 12.2. The first kappa shape index (κ1) is 17.6. The lowest BCUT2D eigenvalue weighted by molar-refractivity contribution is -0.146. The summed E-state index contributed by atoms with van der Waals surface area (Å²) in [6.45, 7) is 7.36. The van der Waals surface area contributed by atoms with Crippen LogP contribution in [0.25, 0.3) is 0 Å². The lowest BCUT2D eigenvalue weighted by Gasteiger charge is -2.31. The second-order valence-electron chi connectivity index (χ2n) is 5.67. The summed E-state index contributed by atoms with van der Waals surface area (Å²) in [6.07, 6.45) is 0.00866. The number of amides is 2. The Balaban J connectivity index is 4.98. The van der Waals surface area contributed by atoms with E-state index >= 15 is 0 Å². The zero-order chi connectivity index (χ0) is 15.2. The quantitative estimate of drug-likeness (QED) is 0.706. The number of ketones is 1. The van der Waals surface area contributed by atoms with Crippen LogP contribution in [0.1, 0.15) is 34.1 Å². The number of nitrogens with zero attached hydrogens (tertiary/aromatic N) is 1. The number of hydrogen-bond acceptors (Lipinski definition) is 4. The molecule has 0 aromatic rings. The molecule has 0 rings (SSSR count). The molecule has 19 heavy (non-hydrogen) atoms. The van der Waals surface area contributed by atoms with Gasteiger partial charge < -0.3 is 16.0 Å². The Morgan fingerprint density at radius 3 is 2.16 bits per heavy atom. The Hall–Kier alpha value is -1.43. The molecule has 0 aliphatic rings. The molecule has 0 saturated carbocycles. The minimum absolute atomic E-state index is 0.00866. The maximum Gasteiger partial charge on any atom is 0.243 e. The summed E-state index contributed by atoms with van der Waals surface area (Å²) in [6, 6.07) is -0.782. The Morgan fingerprint density at radius 2 is 1.79 bits per heavy atom. The molecule has 0 aromatic heterocycles. The summed E-state index contributed by atoms with van der Waals surface area (Å²) in [5, 5.41) is 2.61. The van der Waals surface area contributed by atoms with E-state index in [-0.39, 0.29) is 24.0 Å². The van der Waals surface area contributed by atoms with Gasteiger partial charge in [-0.2, -0.15) is 0 Å². The van der Waals surface area contributed by atoms with Gasteiger partial charge in [0.05, 0.1) is 0 Å². The summed E-state index contributed by atoms with van der Waals surface area (Å²) in [5.41, 5.74) is 4.72. The molecule has 0 fully saturated rings. The van der Waals surface area contributed by atoms with Gasteiger partial charge in [0.2, 0.25) is 11.8 Å². The van der Waals surface area contributed by atoms with Crippen molar-refractivity contribution >= 4 is 17.6 Å². The molecular weight excluding hydrogens is 246 g/mol. The molecule has 110 valence electrons. The number of carbonyl (C=O) groups excluding carboxylic acids is 3. The molecule has 6 nitrogen and oxygen atoms in total. The second kappa shape index (κ2) is 7.23. The number of hydrogen-bond donors (Lipinski definition) is 2. The number of likely N-dealkylation sites (N-methyl/N-ethyl adjacent to an activating group) is 1. The number of Topliss-reactive ketones (excluding diaryl/α,β-unsaturated/α-hetero) is 1. The first-order valence-electron chi connectivity index (χ1n) is 6.35. The van der Waals surface area contributed by atoms with Gasteiger partial charge in [-0.25, -0.2) is 0 Å². The summed E-state index contributed by atoms with van der Waals surface area (Å²) >= 11 is 0. The van der Waals surface area contributed by atoms with E-state index in [1.165, 1.54) is 11.8 Å². The monoisotopic (exact) mass is 271 g/mol. The Kier molecular flexibility index (Phi) is 6.69. The summed E-state index contributed by atoms with van der Waals surface area (Å²) in [7, 11) is 1.54. The predicted octanol–water partition coefficient (Wildman–Crippen LogP) is -0.0865. The fourth-order valence-corrected chi connectivity index (χ4v) is 1.66. The molecule has 2 amide bonds. The lowest BCUT2D eigenvalue weighted by atomic mass is 9.93. The van der Waals surface area contributed by atoms with Crippen molar-refractivity contribution in [3.63, 3.8) is 0 Å². The van der Waals surface area contributed by atoms with Gasteiger partial charge in [0.1, 0.15) is 11.8 Å². The first-order chi connectivity index (χ1) is 8.61. The van der Waals surface area contributed by atoms with Gasteiger partial charge in [0, 0.05) is 32.0 Å². The van der Waals surface area contributed by atoms with Gasteiger partial charge in [-0.3, -0.25) is 14.4 Å². The minimum Gasteiger partial charge on any atom is -0.353 e. The third-order valence-corrected chi connectivity index (χ3v) is 2.66. The van der Waals surface area contributed by atoms with E-state index in [0.29, 0.717) is 13.1 Å². The van der Waals surface area contributed by atoms with E-state index in [4.69, 9.17) is 5.73 Å². The summed E-state index contributed by atoms with van der Waals surface area (Å²) in [5.74, 6) is -0.663. The molecule has 0 heterocycles. The van der Waals surface area contributed by atoms with Crippen LogP contribution >= 0.6 is 0 Å². The molecule has 0 aliphatic carbocycles. The van der Waals surface area contributed by atoms with Gasteiger partial charge in [-0.1, -0.05) is 20.8 Å². The topological polar surface area (TPSA) is 92.5 Å². The lowest BCUT2D eigenvalue weighted by Crippen LogP contribution is -2.52. The van der Waals surface area contributed by atoms with Crippen molar-refractivity contribution in [3.05, 3.63) is 0 Å². The highest BCUT2D eigenvalue weighted by Gasteiger charge is 2.33. The van der Waals surface area contributed by atoms with Crippen LogP contribution in [0, 0.1) is 5.41 Å². The highest BCUT2D eigenvalue weighted by atomic mass is 16.2. The normalized spacial score (nSPS) is 12.7. The fourth-order valence-electron chi connectivity index (χ4n) is 1.66. The van der Waals surface area contributed by atoms with Crippen LogP contribution in [-0.2, 0) is 14.4 Å². The molecular formula is C13H25N3O3. The smallest absolute Gasteiger partial charge is 0.243 e. The van der Waals surface area contributed by atoms with Gasteiger partial charge in [-0.15, -0.1) is 0 Å². The van der Waals surface area contributed by atoms with Crippen molar-refractivity contribution in [2.45, 2.75) is 40.2 Å². The molecule has 0 radical (unpaired) electrons. The van der Waals surface area contributed by atoms with E-state index in [0.717, 1.165) is 0 Å². The molecule has 6 heteroatoms. The average molecular weight is 271 g/mol. The van der Waals surface area contributed by atoms with E-state index in [1.54, 1.807) is 27.8 Å². The standard InChI is InChI=1S/C13H25N3O3/c1-9(17)8-10(11(18)15-7-6-14)16(5)12(19)13(2,3)4/h10H,6-8,14H2,1-5H3,(H,15,18). The van der Waals surface area contributed by atoms with Gasteiger partial charge in [-0.05, 0) is 6.92 Å². The van der Waals surface area contributed by atoms with E-state index in [1.807, 2.05) is 0 Å². The highest BCUT2D eigenvalue weighted by Crippen LogP contribution is 2.19. The van der Waals surface area contributed by atoms with E-state index in [2.05, 4.69) is 5.32 Å². The van der Waals surface area contributed by atoms with Crippen LogP contribution in [0.2, 0.25) is 0 Å². The SMILES string of the molecule is CC(=O)CC(C(=O)NCCN)N(C)C(=O)C(C)(C)C. The maximum atomic E-state index is 12.2. The molecule has 3 N–H and O–H groups in total. The Labute approximate surface area is 114 Å². The van der Waals surface area contributed by atoms with E-state index in [9.17, 15) is 14.4 Å². The van der Waals surface area contributed by atoms with Gasteiger partial charge in [0.25, 0.3) is 0 Å². The zero-order valence-corrected chi connectivity index (χ0v) is 12.4.